The van der Waals surface area contributed by atoms with Crippen molar-refractivity contribution in [2.24, 2.45) is 0 Å². The molecule has 1 aromatic heterocycles. The van der Waals surface area contributed by atoms with Gasteiger partial charge >= 0.3 is 5.08 Å². The monoisotopic (exact) mass is 275 g/mol. The Hall–Kier alpha value is -2.88. The fourth-order valence-corrected chi connectivity index (χ4v) is 1.74. The normalized spacial score (nSPS) is 9.85. The van der Waals surface area contributed by atoms with E-state index in [1.54, 1.807) is 6.07 Å². The van der Waals surface area contributed by atoms with Gasteiger partial charge in [0, 0.05) is 23.0 Å². The summed E-state index contributed by atoms with van der Waals surface area (Å²) in [7, 11) is 1.39. The van der Waals surface area contributed by atoms with Crippen LogP contribution in [0.25, 0.3) is 5.08 Å². The standard InChI is InChI=1S/C13H11FN4O2/c1-20-13-7-16-9(6-12(13)19)8-18(17-15)11-5-3-2-4-10(11)14/h2-7H,8H2,1H3/p+1. The summed E-state index contributed by atoms with van der Waals surface area (Å²) in [6.45, 7) is 0.0106. The number of para-hydroxylation sites is 1. The summed E-state index contributed by atoms with van der Waals surface area (Å²) < 4.78 is 18.5. The van der Waals surface area contributed by atoms with Crippen molar-refractivity contribution in [2.45, 2.75) is 6.54 Å². The van der Waals surface area contributed by atoms with Crippen LogP contribution in [0.4, 0.5) is 10.1 Å². The van der Waals surface area contributed by atoms with E-state index in [4.69, 9.17) is 10.1 Å². The molecule has 0 radical (unpaired) electrons. The molecule has 20 heavy (non-hydrogen) atoms. The third-order valence-corrected chi connectivity index (χ3v) is 2.72. The summed E-state index contributed by atoms with van der Waals surface area (Å²) in [6, 6.07) is 7.18. The van der Waals surface area contributed by atoms with Crippen LogP contribution < -0.4 is 15.2 Å². The molecular weight excluding hydrogens is 263 g/mol. The number of rotatable bonds is 4. The Bertz CT molecular complexity index is 708. The van der Waals surface area contributed by atoms with Crippen molar-refractivity contribution in [3.63, 3.8) is 0 Å². The largest absolute Gasteiger partial charge is 0.491 e. The van der Waals surface area contributed by atoms with Gasteiger partial charge in [-0.25, -0.2) is 4.39 Å². The van der Waals surface area contributed by atoms with Crippen LogP contribution in [0.1, 0.15) is 5.69 Å². The number of H-pyrrole nitrogens is 1. The summed E-state index contributed by atoms with van der Waals surface area (Å²) in [5.41, 5.74) is 0.246. The fourth-order valence-electron chi connectivity index (χ4n) is 1.74. The second-order valence-corrected chi connectivity index (χ2v) is 3.99. The van der Waals surface area contributed by atoms with E-state index in [1.165, 1.54) is 37.6 Å². The number of benzene rings is 1. The number of ether oxygens (including phenoxy) is 1. The second-order valence-electron chi connectivity index (χ2n) is 3.99. The molecule has 0 aliphatic heterocycles. The molecule has 0 amide bonds. The number of nitrogens with one attached hydrogen (secondary N) is 1. The van der Waals surface area contributed by atoms with Crippen LogP contribution in [0.15, 0.2) is 41.3 Å². The van der Waals surface area contributed by atoms with Crippen LogP contribution in [0.5, 0.6) is 5.75 Å². The van der Waals surface area contributed by atoms with Gasteiger partial charge in [0.15, 0.2) is 17.3 Å². The van der Waals surface area contributed by atoms with Crippen molar-refractivity contribution < 1.29 is 9.13 Å². The Kier molecular flexibility index (Phi) is 3.96. The number of hydrogen-bond acceptors (Lipinski definition) is 4. The molecule has 0 unspecified atom stereocenters. The van der Waals surface area contributed by atoms with E-state index >= 15 is 0 Å². The van der Waals surface area contributed by atoms with E-state index in [0.29, 0.717) is 5.69 Å². The molecule has 1 heterocycles. The lowest BCUT2D eigenvalue weighted by atomic mass is 10.2. The maximum Gasteiger partial charge on any atom is 0.311 e. The molecule has 7 heteroatoms. The predicted molar refractivity (Wildman–Crippen MR) is 71.3 cm³/mol. The maximum absolute atomic E-state index is 13.6. The van der Waals surface area contributed by atoms with Gasteiger partial charge in [-0.3, -0.25) is 4.79 Å². The zero-order valence-electron chi connectivity index (χ0n) is 10.7. The minimum Gasteiger partial charge on any atom is -0.491 e. The first-order valence-electron chi connectivity index (χ1n) is 5.78. The van der Waals surface area contributed by atoms with Crippen LogP contribution >= 0.6 is 0 Å². The predicted octanol–water partition coefficient (Wildman–Crippen LogP) is 2.30. The van der Waals surface area contributed by atoms with Gasteiger partial charge < -0.3 is 9.72 Å². The molecule has 0 atom stereocenters. The van der Waals surface area contributed by atoms with Gasteiger partial charge in [-0.2, -0.15) is 0 Å². The third-order valence-electron chi connectivity index (χ3n) is 2.72. The highest BCUT2D eigenvalue weighted by molar-refractivity contribution is 5.48. The van der Waals surface area contributed by atoms with Gasteiger partial charge in [0.2, 0.25) is 5.43 Å². The average Bonchev–Trinajstić information content (AvgIpc) is 2.46. The highest BCUT2D eigenvalue weighted by Crippen LogP contribution is 2.20. The number of aromatic nitrogens is 1. The molecule has 0 saturated carbocycles. The minimum atomic E-state index is -0.527. The molecule has 102 valence electrons. The van der Waals surface area contributed by atoms with E-state index in [1.807, 2.05) is 0 Å². The van der Waals surface area contributed by atoms with Crippen LogP contribution in [0, 0.1) is 11.2 Å². The van der Waals surface area contributed by atoms with Crippen LogP contribution in [-0.4, -0.2) is 12.1 Å². The lowest BCUT2D eigenvalue weighted by Crippen LogP contribution is -2.17. The van der Waals surface area contributed by atoms with E-state index < -0.39 is 5.82 Å². The number of nitrogens with zero attached hydrogens (tertiary/aromatic N) is 3. The van der Waals surface area contributed by atoms with E-state index in [-0.39, 0.29) is 23.4 Å². The van der Waals surface area contributed by atoms with Crippen molar-refractivity contribution >= 4 is 5.69 Å². The summed E-state index contributed by atoms with van der Waals surface area (Å²) in [4.78, 5) is 14.4. The molecule has 0 aliphatic rings. The molecule has 6 nitrogen and oxygen atoms in total. The summed E-state index contributed by atoms with van der Waals surface area (Å²) >= 11 is 0. The Balaban J connectivity index is 2.28. The van der Waals surface area contributed by atoms with Crippen molar-refractivity contribution in [3.05, 3.63) is 63.3 Å². The second kappa shape index (κ2) is 5.84. The van der Waals surface area contributed by atoms with Gasteiger partial charge in [-0.05, 0) is 12.1 Å². The topological polar surface area (TPSA) is 73.5 Å². The summed E-state index contributed by atoms with van der Waals surface area (Å²) in [5, 5.41) is 13.1. The molecule has 0 aliphatic carbocycles. The van der Waals surface area contributed by atoms with Crippen molar-refractivity contribution in [1.82, 2.24) is 4.98 Å². The Morgan fingerprint density at radius 2 is 2.20 bits per heavy atom. The molecule has 2 aromatic rings. The number of halogens is 1. The average molecular weight is 275 g/mol. The molecule has 0 saturated heterocycles. The lowest BCUT2D eigenvalue weighted by Gasteiger charge is -2.06. The number of aromatic amines is 1. The number of pyridine rings is 1. The fraction of sp³-hybridized carbons (Fsp3) is 0.154. The van der Waals surface area contributed by atoms with Gasteiger partial charge in [0.05, 0.1) is 7.11 Å². The molecule has 0 bridgehead atoms. The smallest absolute Gasteiger partial charge is 0.311 e. The van der Waals surface area contributed by atoms with E-state index in [9.17, 15) is 9.18 Å². The minimum absolute atomic E-state index is 0.0106. The number of hydrogen-bond donors (Lipinski definition) is 1. The van der Waals surface area contributed by atoms with Crippen LogP contribution in [0.2, 0.25) is 0 Å². The van der Waals surface area contributed by atoms with Crippen LogP contribution in [0.3, 0.4) is 0 Å². The lowest BCUT2D eigenvalue weighted by molar-refractivity contribution is 0.408. The van der Waals surface area contributed by atoms with E-state index in [0.717, 1.165) is 5.01 Å². The van der Waals surface area contributed by atoms with Crippen LogP contribution in [-0.2, 0) is 6.54 Å². The molecule has 1 N–H and O–H groups in total. The zero-order valence-corrected chi connectivity index (χ0v) is 10.7. The Labute approximate surface area is 114 Å². The zero-order chi connectivity index (χ0) is 14.5. The summed E-state index contributed by atoms with van der Waals surface area (Å²) in [6.07, 6.45) is 1.40. The van der Waals surface area contributed by atoms with Gasteiger partial charge in [-0.15, -0.1) is 0 Å². The molecule has 2 rings (SSSR count). The van der Waals surface area contributed by atoms with Gasteiger partial charge in [-0.1, -0.05) is 12.1 Å². The first-order chi connectivity index (χ1) is 9.65. The maximum atomic E-state index is 13.6. The number of anilines is 1. The first-order valence-corrected chi connectivity index (χ1v) is 5.78. The molecular formula is C13H12FN4O2+. The van der Waals surface area contributed by atoms with E-state index in [2.05, 4.69) is 10.1 Å². The number of diazo groups is 1. The van der Waals surface area contributed by atoms with Crippen molar-refractivity contribution in [1.29, 1.82) is 5.39 Å². The third kappa shape index (κ3) is 2.75. The summed E-state index contributed by atoms with van der Waals surface area (Å²) in [5.74, 6) is -0.353. The number of methoxy groups -OCH3 is 1. The van der Waals surface area contributed by atoms with Crippen molar-refractivity contribution in [3.8, 4) is 5.75 Å². The van der Waals surface area contributed by atoms with Gasteiger partial charge in [0.25, 0.3) is 5.39 Å². The molecule has 0 spiro atoms. The first kappa shape index (κ1) is 13.5. The molecule has 0 fully saturated rings. The Morgan fingerprint density at radius 3 is 2.80 bits per heavy atom. The highest BCUT2D eigenvalue weighted by Gasteiger charge is 2.21. The quantitative estimate of drug-likeness (QED) is 0.686. The van der Waals surface area contributed by atoms with Gasteiger partial charge in [0.1, 0.15) is 6.54 Å². The van der Waals surface area contributed by atoms with Crippen molar-refractivity contribution in [2.75, 3.05) is 12.1 Å². The SMILES string of the molecule is COc1c[nH]c(CN([N+]#N)c2ccccc2F)cc1=O. The molecule has 1 aromatic carbocycles. The highest BCUT2D eigenvalue weighted by atomic mass is 19.1. The Morgan fingerprint density at radius 1 is 1.45 bits per heavy atom.